The van der Waals surface area contributed by atoms with Gasteiger partial charge in [-0.3, -0.25) is 19.5 Å². The first-order valence-corrected chi connectivity index (χ1v) is 6.69. The highest BCUT2D eigenvalue weighted by Crippen LogP contribution is 2.45. The number of Topliss-reactive ketones (excluding diaryl/α,β-unsaturated/α-hetero) is 1. The molecule has 1 aromatic carbocycles. The van der Waals surface area contributed by atoms with Crippen LogP contribution in [0, 0.1) is 0 Å². The smallest absolute Gasteiger partial charge is 0.259 e. The highest BCUT2D eigenvalue weighted by molar-refractivity contribution is 6.17. The van der Waals surface area contributed by atoms with Crippen LogP contribution in [0.2, 0.25) is 0 Å². The fraction of sp³-hybridized carbons (Fsp3) is 0.188. The van der Waals surface area contributed by atoms with Gasteiger partial charge in [0.1, 0.15) is 5.75 Å². The highest BCUT2D eigenvalue weighted by atomic mass is 16.5. The Morgan fingerprint density at radius 1 is 1.24 bits per heavy atom. The van der Waals surface area contributed by atoms with Crippen LogP contribution in [0.3, 0.4) is 0 Å². The Balaban J connectivity index is 1.91. The van der Waals surface area contributed by atoms with E-state index in [2.05, 4.69) is 4.98 Å². The third-order valence-electron chi connectivity index (χ3n) is 4.11. The van der Waals surface area contributed by atoms with Gasteiger partial charge in [0.25, 0.3) is 5.91 Å². The fourth-order valence-corrected chi connectivity index (χ4v) is 3.12. The van der Waals surface area contributed by atoms with E-state index < -0.39 is 0 Å². The Hall–Kier alpha value is -2.69. The molecule has 0 aliphatic carbocycles. The van der Waals surface area contributed by atoms with Crippen LogP contribution in [0.25, 0.3) is 0 Å². The minimum absolute atomic E-state index is 0.0228. The number of anilines is 1. The van der Waals surface area contributed by atoms with Crippen molar-refractivity contribution in [2.75, 3.05) is 12.0 Å². The van der Waals surface area contributed by atoms with E-state index in [1.54, 1.807) is 48.7 Å². The van der Waals surface area contributed by atoms with Crippen LogP contribution < -0.4 is 9.64 Å². The van der Waals surface area contributed by atoms with Gasteiger partial charge in [0, 0.05) is 35.5 Å². The lowest BCUT2D eigenvalue weighted by Crippen LogP contribution is -2.34. The third kappa shape index (κ3) is 1.54. The molecule has 21 heavy (non-hydrogen) atoms. The number of benzene rings is 1. The molecule has 0 fully saturated rings. The Labute approximate surface area is 121 Å². The minimum atomic E-state index is -0.241. The number of amides is 1. The first kappa shape index (κ1) is 12.1. The molecular weight excluding hydrogens is 268 g/mol. The molecular formula is C16H12N2O3. The van der Waals surface area contributed by atoms with Crippen LogP contribution in [-0.2, 0) is 0 Å². The van der Waals surface area contributed by atoms with E-state index in [0.717, 1.165) is 5.56 Å². The number of hydrogen-bond donors (Lipinski definition) is 0. The summed E-state index contributed by atoms with van der Waals surface area (Å²) in [6, 6.07) is 6.71. The minimum Gasteiger partial charge on any atom is -0.497 e. The predicted molar refractivity (Wildman–Crippen MR) is 75.7 cm³/mol. The van der Waals surface area contributed by atoms with Crippen molar-refractivity contribution < 1.29 is 14.3 Å². The molecule has 0 saturated carbocycles. The standard InChI is InChI=1S/C16H12N2O3/c1-21-9-2-3-13-11(6-9)15(19)7-14-12-8-17-5-4-10(12)16(20)18(13)14/h2-6,8,14H,7H2,1H3. The van der Waals surface area contributed by atoms with E-state index >= 15 is 0 Å². The molecule has 3 heterocycles. The Morgan fingerprint density at radius 3 is 2.90 bits per heavy atom. The molecule has 1 unspecified atom stereocenters. The second kappa shape index (κ2) is 4.15. The molecule has 0 radical (unpaired) electrons. The zero-order chi connectivity index (χ0) is 14.6. The van der Waals surface area contributed by atoms with Crippen molar-refractivity contribution >= 4 is 17.4 Å². The average Bonchev–Trinajstić information content (AvgIpc) is 2.81. The first-order chi connectivity index (χ1) is 10.2. The van der Waals surface area contributed by atoms with Gasteiger partial charge in [0.05, 0.1) is 18.8 Å². The van der Waals surface area contributed by atoms with Gasteiger partial charge in [0.15, 0.2) is 5.78 Å². The number of rotatable bonds is 1. The number of carbonyl (C=O) groups is 2. The molecule has 0 spiro atoms. The van der Waals surface area contributed by atoms with E-state index in [1.807, 2.05) is 0 Å². The van der Waals surface area contributed by atoms with Gasteiger partial charge >= 0.3 is 0 Å². The van der Waals surface area contributed by atoms with Gasteiger partial charge < -0.3 is 4.74 Å². The van der Waals surface area contributed by atoms with Crippen LogP contribution in [0.4, 0.5) is 5.69 Å². The number of pyridine rings is 1. The lowest BCUT2D eigenvalue weighted by molar-refractivity contribution is 0.0946. The fourth-order valence-electron chi connectivity index (χ4n) is 3.12. The van der Waals surface area contributed by atoms with Crippen molar-refractivity contribution in [2.45, 2.75) is 12.5 Å². The van der Waals surface area contributed by atoms with Gasteiger partial charge in [-0.25, -0.2) is 0 Å². The number of nitrogens with zero attached hydrogens (tertiary/aromatic N) is 2. The van der Waals surface area contributed by atoms with Crippen molar-refractivity contribution in [3.63, 3.8) is 0 Å². The molecule has 4 rings (SSSR count). The number of ether oxygens (including phenoxy) is 1. The van der Waals surface area contributed by atoms with Crippen molar-refractivity contribution in [3.05, 3.63) is 53.3 Å². The van der Waals surface area contributed by atoms with E-state index in [1.165, 1.54) is 0 Å². The number of hydrogen-bond acceptors (Lipinski definition) is 4. The molecule has 2 aliphatic rings. The van der Waals surface area contributed by atoms with Crippen LogP contribution in [0.5, 0.6) is 5.75 Å². The lowest BCUT2D eigenvalue weighted by atomic mass is 9.93. The van der Waals surface area contributed by atoms with Gasteiger partial charge in [-0.1, -0.05) is 0 Å². The average molecular weight is 280 g/mol. The van der Waals surface area contributed by atoms with Crippen molar-refractivity contribution in [1.29, 1.82) is 0 Å². The Morgan fingerprint density at radius 2 is 2.10 bits per heavy atom. The molecule has 1 atom stereocenters. The van der Waals surface area contributed by atoms with Crippen LogP contribution in [0.15, 0.2) is 36.7 Å². The summed E-state index contributed by atoms with van der Waals surface area (Å²) in [5.41, 5.74) is 2.65. The molecule has 104 valence electrons. The van der Waals surface area contributed by atoms with E-state index in [4.69, 9.17) is 4.74 Å². The molecule has 5 heteroatoms. The summed E-state index contributed by atoms with van der Waals surface area (Å²) in [5, 5.41) is 0. The molecule has 2 aromatic rings. The van der Waals surface area contributed by atoms with Crippen molar-refractivity contribution in [1.82, 2.24) is 4.98 Å². The second-order valence-electron chi connectivity index (χ2n) is 5.16. The molecule has 0 saturated heterocycles. The molecule has 0 bridgehead atoms. The summed E-state index contributed by atoms with van der Waals surface area (Å²) in [4.78, 5) is 30.8. The number of aromatic nitrogens is 1. The number of fused-ring (bicyclic) bond motifs is 5. The van der Waals surface area contributed by atoms with Gasteiger partial charge in [-0.15, -0.1) is 0 Å². The summed E-state index contributed by atoms with van der Waals surface area (Å²) in [6.45, 7) is 0. The zero-order valence-corrected chi connectivity index (χ0v) is 11.4. The second-order valence-corrected chi connectivity index (χ2v) is 5.16. The maximum absolute atomic E-state index is 12.6. The predicted octanol–water partition coefficient (Wildman–Crippen LogP) is 2.38. The highest BCUT2D eigenvalue weighted by Gasteiger charge is 2.43. The van der Waals surface area contributed by atoms with Gasteiger partial charge in [-0.2, -0.15) is 0 Å². The molecule has 1 aromatic heterocycles. The number of carbonyl (C=O) groups excluding carboxylic acids is 2. The molecule has 1 amide bonds. The van der Waals surface area contributed by atoms with Gasteiger partial charge in [0.2, 0.25) is 0 Å². The largest absolute Gasteiger partial charge is 0.497 e. The van der Waals surface area contributed by atoms with E-state index in [0.29, 0.717) is 22.6 Å². The summed E-state index contributed by atoms with van der Waals surface area (Å²) < 4.78 is 5.16. The first-order valence-electron chi connectivity index (χ1n) is 6.69. The quantitative estimate of drug-likeness (QED) is 0.804. The Kier molecular flexibility index (Phi) is 2.39. The maximum Gasteiger partial charge on any atom is 0.259 e. The molecule has 2 aliphatic heterocycles. The normalized spacial score (nSPS) is 19.1. The topological polar surface area (TPSA) is 59.5 Å². The van der Waals surface area contributed by atoms with Crippen LogP contribution >= 0.6 is 0 Å². The van der Waals surface area contributed by atoms with Gasteiger partial charge in [-0.05, 0) is 24.3 Å². The summed E-state index contributed by atoms with van der Waals surface area (Å²) >= 11 is 0. The maximum atomic E-state index is 12.6. The summed E-state index contributed by atoms with van der Waals surface area (Å²) in [6.07, 6.45) is 3.57. The number of ketones is 1. The zero-order valence-electron chi connectivity index (χ0n) is 11.4. The van der Waals surface area contributed by atoms with Crippen molar-refractivity contribution in [3.8, 4) is 5.75 Å². The molecule has 0 N–H and O–H groups in total. The summed E-state index contributed by atoms with van der Waals surface area (Å²) in [7, 11) is 1.56. The Bertz CT molecular complexity index is 785. The SMILES string of the molecule is COc1ccc2c(c1)C(=O)CC1c3cnccc3C(=O)N21. The number of methoxy groups -OCH3 is 1. The monoisotopic (exact) mass is 280 g/mol. The third-order valence-corrected chi connectivity index (χ3v) is 4.11. The van der Waals surface area contributed by atoms with Crippen LogP contribution in [-0.4, -0.2) is 23.8 Å². The lowest BCUT2D eigenvalue weighted by Gasteiger charge is -2.31. The van der Waals surface area contributed by atoms with Crippen LogP contribution in [0.1, 0.15) is 38.7 Å². The van der Waals surface area contributed by atoms with Crippen molar-refractivity contribution in [2.24, 2.45) is 0 Å². The summed E-state index contributed by atoms with van der Waals surface area (Å²) in [5.74, 6) is 0.567. The van der Waals surface area contributed by atoms with E-state index in [9.17, 15) is 9.59 Å². The molecule has 5 nitrogen and oxygen atoms in total. The van der Waals surface area contributed by atoms with E-state index in [-0.39, 0.29) is 24.2 Å².